The van der Waals surface area contributed by atoms with Gasteiger partial charge >= 0.3 is 6.36 Å². The zero-order valence-corrected chi connectivity index (χ0v) is 13.9. The van der Waals surface area contributed by atoms with Crippen molar-refractivity contribution in [3.05, 3.63) is 29.8 Å². The van der Waals surface area contributed by atoms with Crippen LogP contribution in [0.15, 0.2) is 24.3 Å². The number of nitrogens with one attached hydrogen (secondary N) is 1. The number of amides is 2. The first-order chi connectivity index (χ1) is 12.2. The number of aliphatic hydroxyl groups is 1. The van der Waals surface area contributed by atoms with E-state index in [4.69, 9.17) is 0 Å². The summed E-state index contributed by atoms with van der Waals surface area (Å²) in [5.74, 6) is -1.27. The summed E-state index contributed by atoms with van der Waals surface area (Å²) in [7, 11) is 0. The number of benzene rings is 1. The van der Waals surface area contributed by atoms with E-state index < -0.39 is 29.5 Å². The summed E-state index contributed by atoms with van der Waals surface area (Å²) in [4.78, 5) is 26.5. The van der Waals surface area contributed by atoms with Gasteiger partial charge in [-0.3, -0.25) is 9.59 Å². The van der Waals surface area contributed by atoms with E-state index in [1.165, 1.54) is 17.0 Å². The first-order valence-electron chi connectivity index (χ1n) is 8.33. The van der Waals surface area contributed by atoms with E-state index in [0.29, 0.717) is 19.4 Å². The van der Waals surface area contributed by atoms with Gasteiger partial charge in [0, 0.05) is 25.2 Å². The highest BCUT2D eigenvalue weighted by atomic mass is 19.4. The molecule has 26 heavy (non-hydrogen) atoms. The molecule has 3 rings (SSSR count). The Hall–Kier alpha value is -2.29. The van der Waals surface area contributed by atoms with E-state index >= 15 is 0 Å². The van der Waals surface area contributed by atoms with Crippen molar-refractivity contribution in [1.29, 1.82) is 0 Å². The van der Waals surface area contributed by atoms with Gasteiger partial charge in [0.05, 0.1) is 11.5 Å². The SMILES string of the molecule is O=C(c1cccc(OC(F)(F)F)c1)N1CC[C@@H](O)[C@@]2(CCCNC2=O)C1. The molecule has 6 nitrogen and oxygen atoms in total. The van der Waals surface area contributed by atoms with Crippen LogP contribution in [0, 0.1) is 5.41 Å². The van der Waals surface area contributed by atoms with Crippen LogP contribution in [-0.4, -0.2) is 53.9 Å². The molecule has 2 amide bonds. The van der Waals surface area contributed by atoms with Crippen LogP contribution in [0.1, 0.15) is 29.6 Å². The Morgan fingerprint density at radius 3 is 2.85 bits per heavy atom. The van der Waals surface area contributed by atoms with E-state index in [2.05, 4.69) is 10.1 Å². The van der Waals surface area contributed by atoms with E-state index in [0.717, 1.165) is 12.1 Å². The van der Waals surface area contributed by atoms with Gasteiger partial charge in [0.2, 0.25) is 5.91 Å². The number of aliphatic hydroxyl groups excluding tert-OH is 1. The van der Waals surface area contributed by atoms with Crippen molar-refractivity contribution in [2.45, 2.75) is 31.7 Å². The second-order valence-electron chi connectivity index (χ2n) is 6.62. The Labute approximate surface area is 147 Å². The van der Waals surface area contributed by atoms with Gasteiger partial charge in [0.15, 0.2) is 0 Å². The molecule has 1 aromatic carbocycles. The van der Waals surface area contributed by atoms with Crippen molar-refractivity contribution < 1.29 is 32.6 Å². The highest BCUT2D eigenvalue weighted by Crippen LogP contribution is 2.37. The molecule has 1 aromatic rings. The third kappa shape index (κ3) is 3.62. The minimum Gasteiger partial charge on any atom is -0.406 e. The molecule has 0 aromatic heterocycles. The summed E-state index contributed by atoms with van der Waals surface area (Å²) < 4.78 is 40.9. The molecule has 142 valence electrons. The quantitative estimate of drug-likeness (QED) is 0.828. The summed E-state index contributed by atoms with van der Waals surface area (Å²) >= 11 is 0. The normalized spacial score (nSPS) is 26.5. The Morgan fingerprint density at radius 2 is 2.15 bits per heavy atom. The average Bonchev–Trinajstić information content (AvgIpc) is 2.58. The minimum absolute atomic E-state index is 0.0309. The number of rotatable bonds is 2. The van der Waals surface area contributed by atoms with Crippen LogP contribution in [0.25, 0.3) is 0 Å². The van der Waals surface area contributed by atoms with Gasteiger partial charge in [0.1, 0.15) is 5.75 Å². The molecular formula is C17H19F3N2O4. The number of alkyl halides is 3. The van der Waals surface area contributed by atoms with Crippen LogP contribution in [-0.2, 0) is 4.79 Å². The molecular weight excluding hydrogens is 353 g/mol. The number of likely N-dealkylation sites (tertiary alicyclic amines) is 1. The number of ether oxygens (including phenoxy) is 1. The van der Waals surface area contributed by atoms with Crippen molar-refractivity contribution in [3.8, 4) is 5.75 Å². The van der Waals surface area contributed by atoms with Crippen LogP contribution in [0.2, 0.25) is 0 Å². The van der Waals surface area contributed by atoms with E-state index in [1.807, 2.05) is 0 Å². The number of piperidine rings is 2. The van der Waals surface area contributed by atoms with Crippen LogP contribution in [0.4, 0.5) is 13.2 Å². The molecule has 0 aliphatic carbocycles. The third-order valence-corrected chi connectivity index (χ3v) is 4.92. The molecule has 2 fully saturated rings. The predicted molar refractivity (Wildman–Crippen MR) is 84.3 cm³/mol. The number of nitrogens with zero attached hydrogens (tertiary/aromatic N) is 1. The maximum absolute atomic E-state index is 12.7. The highest BCUT2D eigenvalue weighted by molar-refractivity contribution is 5.95. The Balaban J connectivity index is 1.80. The third-order valence-electron chi connectivity index (χ3n) is 4.92. The van der Waals surface area contributed by atoms with Crippen molar-refractivity contribution in [3.63, 3.8) is 0 Å². The first-order valence-corrected chi connectivity index (χ1v) is 8.33. The van der Waals surface area contributed by atoms with E-state index in [9.17, 15) is 27.9 Å². The van der Waals surface area contributed by atoms with Gasteiger partial charge in [-0.05, 0) is 37.5 Å². The largest absolute Gasteiger partial charge is 0.573 e. The Kier molecular flexibility index (Phi) is 4.83. The molecule has 1 spiro atoms. The van der Waals surface area contributed by atoms with E-state index in [-0.39, 0.29) is 31.0 Å². The smallest absolute Gasteiger partial charge is 0.406 e. The first kappa shape index (κ1) is 18.5. The molecule has 0 saturated carbocycles. The fourth-order valence-corrected chi connectivity index (χ4v) is 3.63. The van der Waals surface area contributed by atoms with Crippen molar-refractivity contribution in [2.75, 3.05) is 19.6 Å². The maximum Gasteiger partial charge on any atom is 0.573 e. The summed E-state index contributed by atoms with van der Waals surface area (Å²) in [5.41, 5.74) is -1.03. The summed E-state index contributed by atoms with van der Waals surface area (Å²) in [6, 6.07) is 4.83. The lowest BCUT2D eigenvalue weighted by molar-refractivity contribution is -0.274. The number of hydrogen-bond donors (Lipinski definition) is 2. The maximum atomic E-state index is 12.7. The molecule has 9 heteroatoms. The molecule has 0 bridgehead atoms. The van der Waals surface area contributed by atoms with Crippen LogP contribution in [0.5, 0.6) is 5.75 Å². The van der Waals surface area contributed by atoms with Gasteiger partial charge in [-0.25, -0.2) is 0 Å². The van der Waals surface area contributed by atoms with Gasteiger partial charge in [-0.2, -0.15) is 0 Å². The standard InChI is InChI=1S/C17H19F3N2O4/c18-17(19,20)26-12-4-1-3-11(9-12)14(24)22-8-5-13(23)16(10-22)6-2-7-21-15(16)25/h1,3-4,9,13,23H,2,5-8,10H2,(H,21,25)/t13-,16-/m1/s1. The van der Waals surface area contributed by atoms with Crippen molar-refractivity contribution >= 4 is 11.8 Å². The summed E-state index contributed by atoms with van der Waals surface area (Å²) in [6.07, 6.45) is -4.31. The van der Waals surface area contributed by atoms with Crippen LogP contribution >= 0.6 is 0 Å². The summed E-state index contributed by atoms with van der Waals surface area (Å²) in [5, 5.41) is 13.1. The van der Waals surface area contributed by atoms with Crippen LogP contribution in [0.3, 0.4) is 0 Å². The fourth-order valence-electron chi connectivity index (χ4n) is 3.63. The Morgan fingerprint density at radius 1 is 1.38 bits per heavy atom. The molecule has 2 atom stereocenters. The number of hydrogen-bond acceptors (Lipinski definition) is 4. The number of halogens is 3. The molecule has 2 aliphatic heterocycles. The highest BCUT2D eigenvalue weighted by Gasteiger charge is 2.50. The van der Waals surface area contributed by atoms with E-state index in [1.54, 1.807) is 0 Å². The second kappa shape index (κ2) is 6.79. The molecule has 2 aliphatic rings. The van der Waals surface area contributed by atoms with Gasteiger partial charge in [0.25, 0.3) is 5.91 Å². The molecule has 2 saturated heterocycles. The van der Waals surface area contributed by atoms with Gasteiger partial charge in [-0.15, -0.1) is 13.2 Å². The van der Waals surface area contributed by atoms with Crippen molar-refractivity contribution in [1.82, 2.24) is 10.2 Å². The summed E-state index contributed by atoms with van der Waals surface area (Å²) in [6.45, 7) is 0.778. The van der Waals surface area contributed by atoms with Crippen LogP contribution < -0.4 is 10.1 Å². The molecule has 0 radical (unpaired) electrons. The van der Waals surface area contributed by atoms with Gasteiger partial charge < -0.3 is 20.1 Å². The monoisotopic (exact) mass is 372 g/mol. The average molecular weight is 372 g/mol. The lowest BCUT2D eigenvalue weighted by Gasteiger charge is -2.46. The topological polar surface area (TPSA) is 78.9 Å². The molecule has 2 N–H and O–H groups in total. The van der Waals surface area contributed by atoms with Gasteiger partial charge in [-0.1, -0.05) is 6.07 Å². The zero-order valence-electron chi connectivity index (χ0n) is 13.9. The van der Waals surface area contributed by atoms with Crippen molar-refractivity contribution in [2.24, 2.45) is 5.41 Å². The minimum atomic E-state index is -4.85. The fraction of sp³-hybridized carbons (Fsp3) is 0.529. The second-order valence-corrected chi connectivity index (χ2v) is 6.62. The lowest BCUT2D eigenvalue weighted by atomic mass is 9.71. The molecule has 2 heterocycles. The number of carbonyl (C=O) groups is 2. The predicted octanol–water partition coefficient (Wildman–Crippen LogP) is 1.69. The lowest BCUT2D eigenvalue weighted by Crippen LogP contribution is -2.62. The number of carbonyl (C=O) groups excluding carboxylic acids is 2. The Bertz CT molecular complexity index is 709. The zero-order chi connectivity index (χ0) is 18.9. The molecule has 0 unspecified atom stereocenters.